The Labute approximate surface area is 131 Å². The fraction of sp³-hybridized carbons (Fsp3) is 0.353. The molecule has 116 valence electrons. The van der Waals surface area contributed by atoms with Gasteiger partial charge in [0.1, 0.15) is 5.69 Å². The van der Waals surface area contributed by atoms with Crippen LogP contribution < -0.4 is 11.1 Å². The van der Waals surface area contributed by atoms with Gasteiger partial charge in [0.2, 0.25) is 0 Å². The number of fused-ring (bicyclic) bond motifs is 1. The highest BCUT2D eigenvalue weighted by Crippen LogP contribution is 2.25. The van der Waals surface area contributed by atoms with Gasteiger partial charge in [0.15, 0.2) is 5.82 Å². The average molecular weight is 297 g/mol. The number of aromatic nitrogens is 2. The molecule has 5 heteroatoms. The van der Waals surface area contributed by atoms with Crippen molar-refractivity contribution in [2.24, 2.45) is 0 Å². The van der Waals surface area contributed by atoms with E-state index in [1.54, 1.807) is 0 Å². The number of allylic oxidation sites excluding steroid dienone is 1. The van der Waals surface area contributed by atoms with Gasteiger partial charge in [-0.05, 0) is 49.7 Å². The van der Waals surface area contributed by atoms with Crippen molar-refractivity contribution in [2.45, 2.75) is 20.3 Å². The first kappa shape index (κ1) is 14.5. The third kappa shape index (κ3) is 2.66. The van der Waals surface area contributed by atoms with Crippen molar-refractivity contribution in [3.63, 3.8) is 0 Å². The Morgan fingerprint density at radius 3 is 2.86 bits per heavy atom. The molecule has 0 spiro atoms. The van der Waals surface area contributed by atoms with Crippen molar-refractivity contribution in [1.29, 1.82) is 0 Å². The van der Waals surface area contributed by atoms with Crippen LogP contribution in [0.15, 0.2) is 36.1 Å². The summed E-state index contributed by atoms with van der Waals surface area (Å²) in [5.41, 5.74) is 11.6. The zero-order chi connectivity index (χ0) is 15.7. The second kappa shape index (κ2) is 5.75. The number of likely N-dealkylation sites (N-methyl/N-ethyl adjacent to an activating group) is 1. The van der Waals surface area contributed by atoms with E-state index in [-0.39, 0.29) is 0 Å². The molecular weight excluding hydrogens is 274 g/mol. The van der Waals surface area contributed by atoms with Gasteiger partial charge in [0.25, 0.3) is 0 Å². The van der Waals surface area contributed by atoms with Crippen LogP contribution in [0.2, 0.25) is 0 Å². The van der Waals surface area contributed by atoms with Gasteiger partial charge in [-0.3, -0.25) is 0 Å². The van der Waals surface area contributed by atoms with Crippen molar-refractivity contribution in [3.05, 3.63) is 47.3 Å². The van der Waals surface area contributed by atoms with Gasteiger partial charge in [-0.2, -0.15) is 0 Å². The highest BCUT2D eigenvalue weighted by molar-refractivity contribution is 5.81. The quantitative estimate of drug-likeness (QED) is 0.911. The molecule has 3 N–H and O–H groups in total. The first-order valence-corrected chi connectivity index (χ1v) is 7.62. The summed E-state index contributed by atoms with van der Waals surface area (Å²) in [5, 5.41) is 7.96. The molecule has 2 aromatic heterocycles. The van der Waals surface area contributed by atoms with Gasteiger partial charge < -0.3 is 16.0 Å². The molecule has 0 saturated heterocycles. The van der Waals surface area contributed by atoms with Crippen LogP contribution in [0, 0.1) is 13.8 Å². The highest BCUT2D eigenvalue weighted by atomic mass is 15.3. The van der Waals surface area contributed by atoms with Crippen LogP contribution in [0.4, 0.5) is 11.5 Å². The lowest BCUT2D eigenvalue weighted by molar-refractivity contribution is 0.501. The molecule has 0 saturated carbocycles. The van der Waals surface area contributed by atoms with Crippen molar-refractivity contribution >= 4 is 17.0 Å². The molecule has 22 heavy (non-hydrogen) atoms. The van der Waals surface area contributed by atoms with Gasteiger partial charge in [-0.1, -0.05) is 12.1 Å². The summed E-state index contributed by atoms with van der Waals surface area (Å²) in [6.45, 7) is 5.94. The number of nitrogens with one attached hydrogen (secondary N) is 1. The zero-order valence-electron chi connectivity index (χ0n) is 13.4. The maximum absolute atomic E-state index is 6.21. The summed E-state index contributed by atoms with van der Waals surface area (Å²) in [6.07, 6.45) is 7.49. The minimum absolute atomic E-state index is 0.719. The van der Waals surface area contributed by atoms with E-state index in [9.17, 15) is 0 Å². The minimum atomic E-state index is 0.719. The van der Waals surface area contributed by atoms with E-state index in [2.05, 4.69) is 60.6 Å². The molecule has 1 aliphatic heterocycles. The number of nitrogens with two attached hydrogens (primary N) is 1. The lowest BCUT2D eigenvalue weighted by Gasteiger charge is -2.17. The molecule has 3 heterocycles. The van der Waals surface area contributed by atoms with Crippen molar-refractivity contribution < 1.29 is 0 Å². The molecule has 0 aromatic carbocycles. The number of hydrogen-bond donors (Lipinski definition) is 2. The second-order valence-electron chi connectivity index (χ2n) is 5.87. The van der Waals surface area contributed by atoms with Crippen LogP contribution in [-0.2, 0) is 0 Å². The van der Waals surface area contributed by atoms with Gasteiger partial charge in [-0.15, -0.1) is 5.10 Å². The van der Waals surface area contributed by atoms with Crippen molar-refractivity contribution in [2.75, 3.05) is 31.2 Å². The lowest BCUT2D eigenvalue weighted by Crippen LogP contribution is -2.14. The van der Waals surface area contributed by atoms with Crippen LogP contribution >= 0.6 is 0 Å². The fourth-order valence-corrected chi connectivity index (χ4v) is 2.61. The number of pyridine rings is 1. The molecule has 0 bridgehead atoms. The van der Waals surface area contributed by atoms with E-state index in [1.807, 2.05) is 10.6 Å². The van der Waals surface area contributed by atoms with Crippen LogP contribution in [0.3, 0.4) is 0 Å². The molecule has 0 unspecified atom stereocenters. The van der Waals surface area contributed by atoms with Crippen LogP contribution in [-0.4, -0.2) is 34.7 Å². The SMILES string of the molecule is Cc1ccc2c(N)c(NCCC3=CCN(C)C=C3)nn2c1C. The number of aryl methyl sites for hydroxylation is 2. The van der Waals surface area contributed by atoms with Gasteiger partial charge >= 0.3 is 0 Å². The summed E-state index contributed by atoms with van der Waals surface area (Å²) in [4.78, 5) is 2.15. The Bertz CT molecular complexity index is 754. The number of rotatable bonds is 4. The van der Waals surface area contributed by atoms with E-state index in [0.29, 0.717) is 0 Å². The normalized spacial score (nSPS) is 14.5. The summed E-state index contributed by atoms with van der Waals surface area (Å²) in [6, 6.07) is 4.11. The largest absolute Gasteiger partial charge is 0.394 e. The average Bonchev–Trinajstić information content (AvgIpc) is 2.83. The Kier molecular flexibility index (Phi) is 3.79. The third-order valence-corrected chi connectivity index (χ3v) is 4.23. The van der Waals surface area contributed by atoms with E-state index in [1.165, 1.54) is 11.1 Å². The van der Waals surface area contributed by atoms with Gasteiger partial charge in [0.05, 0.1) is 5.52 Å². The summed E-state index contributed by atoms with van der Waals surface area (Å²) in [7, 11) is 2.07. The molecular formula is C17H23N5. The number of nitrogens with zero attached hydrogens (tertiary/aromatic N) is 3. The number of anilines is 2. The lowest BCUT2D eigenvalue weighted by atomic mass is 10.1. The monoisotopic (exact) mass is 297 g/mol. The highest BCUT2D eigenvalue weighted by Gasteiger charge is 2.11. The maximum atomic E-state index is 6.21. The second-order valence-corrected chi connectivity index (χ2v) is 5.87. The molecule has 3 rings (SSSR count). The first-order chi connectivity index (χ1) is 10.6. The van der Waals surface area contributed by atoms with E-state index in [4.69, 9.17) is 5.73 Å². The predicted molar refractivity (Wildman–Crippen MR) is 92.0 cm³/mol. The predicted octanol–water partition coefficient (Wildman–Crippen LogP) is 2.72. The van der Waals surface area contributed by atoms with E-state index in [0.717, 1.165) is 42.2 Å². The molecule has 2 aromatic rings. The summed E-state index contributed by atoms with van der Waals surface area (Å²) < 4.78 is 1.92. The van der Waals surface area contributed by atoms with Gasteiger partial charge in [-0.25, -0.2) is 4.52 Å². The molecule has 1 aliphatic rings. The standard InChI is InChI=1S/C17H23N5/c1-12-4-5-15-16(18)17(20-22(15)13(12)2)19-9-6-14-7-10-21(3)11-8-14/h4-5,7-8,10H,6,9,11,18H2,1-3H3,(H,19,20). The van der Waals surface area contributed by atoms with E-state index >= 15 is 0 Å². The van der Waals surface area contributed by atoms with Crippen LogP contribution in [0.25, 0.3) is 5.52 Å². The Balaban J connectivity index is 1.71. The Morgan fingerprint density at radius 2 is 2.14 bits per heavy atom. The smallest absolute Gasteiger partial charge is 0.172 e. The zero-order valence-corrected chi connectivity index (χ0v) is 13.4. The minimum Gasteiger partial charge on any atom is -0.394 e. The van der Waals surface area contributed by atoms with E-state index < -0.39 is 0 Å². The molecule has 5 nitrogen and oxygen atoms in total. The number of nitrogen functional groups attached to an aromatic ring is 1. The van der Waals surface area contributed by atoms with Gasteiger partial charge in [0, 0.05) is 25.8 Å². The molecule has 0 radical (unpaired) electrons. The first-order valence-electron chi connectivity index (χ1n) is 7.62. The number of hydrogen-bond acceptors (Lipinski definition) is 4. The fourth-order valence-electron chi connectivity index (χ4n) is 2.61. The summed E-state index contributed by atoms with van der Waals surface area (Å²) >= 11 is 0. The van der Waals surface area contributed by atoms with Crippen LogP contribution in [0.1, 0.15) is 17.7 Å². The Morgan fingerprint density at radius 1 is 1.32 bits per heavy atom. The van der Waals surface area contributed by atoms with Crippen molar-refractivity contribution in [1.82, 2.24) is 14.5 Å². The Hall–Kier alpha value is -2.43. The third-order valence-electron chi connectivity index (χ3n) is 4.23. The topological polar surface area (TPSA) is 58.6 Å². The van der Waals surface area contributed by atoms with Crippen molar-refractivity contribution in [3.8, 4) is 0 Å². The molecule has 0 aliphatic carbocycles. The van der Waals surface area contributed by atoms with Crippen LogP contribution in [0.5, 0.6) is 0 Å². The maximum Gasteiger partial charge on any atom is 0.172 e. The molecule has 0 atom stereocenters. The summed E-state index contributed by atoms with van der Waals surface area (Å²) in [5.74, 6) is 0.770. The molecule has 0 amide bonds. The molecule has 0 fully saturated rings.